The molecule has 2 aliphatic heterocycles. The summed E-state index contributed by atoms with van der Waals surface area (Å²) in [5.74, 6) is 0.733. The Hall–Kier alpha value is -2.01. The van der Waals surface area contributed by atoms with E-state index in [1.165, 1.54) is 7.11 Å². The fourth-order valence-corrected chi connectivity index (χ4v) is 4.08. The Bertz CT molecular complexity index is 712. The molecular formula is C16H24N4O5S. The molecule has 0 spiro atoms. The van der Waals surface area contributed by atoms with Gasteiger partial charge in [-0.05, 0) is 35.9 Å². The third-order valence-corrected chi connectivity index (χ3v) is 5.31. The van der Waals surface area contributed by atoms with E-state index in [1.54, 1.807) is 23.1 Å². The number of amidine groups is 1. The summed E-state index contributed by atoms with van der Waals surface area (Å²) in [5, 5.41) is 0. The minimum absolute atomic E-state index is 0.0138. The minimum Gasteiger partial charge on any atom is -0.492 e. The van der Waals surface area contributed by atoms with Crippen molar-refractivity contribution in [3.63, 3.8) is 0 Å². The van der Waals surface area contributed by atoms with Crippen molar-refractivity contribution in [2.24, 2.45) is 16.0 Å². The molecule has 5 N–H and O–H groups in total. The fourth-order valence-electron chi connectivity index (χ4n) is 3.20. The first-order valence-electron chi connectivity index (χ1n) is 8.34. The van der Waals surface area contributed by atoms with Gasteiger partial charge in [-0.25, -0.2) is 0 Å². The molecule has 1 fully saturated rings. The van der Waals surface area contributed by atoms with Gasteiger partial charge in [0, 0.05) is 26.1 Å². The van der Waals surface area contributed by atoms with Crippen LogP contribution in [-0.4, -0.2) is 59.2 Å². The Morgan fingerprint density at radius 1 is 1.50 bits per heavy atom. The molecule has 1 aromatic carbocycles. The van der Waals surface area contributed by atoms with Crippen LogP contribution in [0.3, 0.4) is 0 Å². The van der Waals surface area contributed by atoms with E-state index >= 15 is 0 Å². The molecule has 2 aliphatic rings. The predicted octanol–water partition coefficient (Wildman–Crippen LogP) is 1.66. The Balaban J connectivity index is 1.67. The van der Waals surface area contributed by atoms with Crippen molar-refractivity contribution in [2.75, 3.05) is 38.1 Å². The van der Waals surface area contributed by atoms with E-state index in [2.05, 4.69) is 9.12 Å². The van der Waals surface area contributed by atoms with Crippen LogP contribution in [-0.2, 0) is 9.53 Å². The minimum atomic E-state index is -3.32. The number of ether oxygens (including phenoxy) is 2. The second kappa shape index (κ2) is 7.70. The van der Waals surface area contributed by atoms with Crippen LogP contribution in [0, 0.1) is 5.92 Å². The maximum atomic E-state index is 12.0. The maximum Gasteiger partial charge on any atom is 0.248 e. The molecule has 9 nitrogen and oxygen atoms in total. The molecule has 144 valence electrons. The molecule has 0 aromatic heterocycles. The summed E-state index contributed by atoms with van der Waals surface area (Å²) in [4.78, 5) is 13.8. The second-order valence-corrected chi connectivity index (χ2v) is 7.79. The lowest BCUT2D eigenvalue weighted by Gasteiger charge is -2.34. The van der Waals surface area contributed by atoms with Crippen LogP contribution >= 0.6 is 11.0 Å². The molecule has 1 unspecified atom stereocenters. The van der Waals surface area contributed by atoms with E-state index in [4.69, 9.17) is 15.2 Å². The van der Waals surface area contributed by atoms with Gasteiger partial charge in [-0.1, -0.05) is 6.07 Å². The lowest BCUT2D eigenvalue weighted by atomic mass is 9.99. The van der Waals surface area contributed by atoms with E-state index in [0.29, 0.717) is 30.2 Å². The predicted molar refractivity (Wildman–Crippen MR) is 100 cm³/mol. The number of amides is 1. The van der Waals surface area contributed by atoms with Crippen LogP contribution in [0.4, 0.5) is 5.69 Å². The van der Waals surface area contributed by atoms with E-state index in [1.807, 2.05) is 0 Å². The number of carbonyl (C=O) groups excluding carboxylic acids is 1. The van der Waals surface area contributed by atoms with E-state index in [-0.39, 0.29) is 24.3 Å². The molecule has 10 heteroatoms. The maximum absolute atomic E-state index is 12.0. The van der Waals surface area contributed by atoms with Crippen LogP contribution in [0.5, 0.6) is 5.75 Å². The number of benzene rings is 1. The van der Waals surface area contributed by atoms with Crippen molar-refractivity contribution in [1.82, 2.24) is 4.90 Å². The Kier molecular flexibility index (Phi) is 5.56. The summed E-state index contributed by atoms with van der Waals surface area (Å²) >= 11 is 0. The number of fused-ring (bicyclic) bond motifs is 1. The number of nitrogens with one attached hydrogen (secondary N) is 1. The van der Waals surface area contributed by atoms with Gasteiger partial charge in [-0.15, -0.1) is 4.40 Å². The van der Waals surface area contributed by atoms with Crippen LogP contribution in [0.25, 0.3) is 0 Å². The van der Waals surface area contributed by atoms with Crippen molar-refractivity contribution in [3.05, 3.63) is 23.8 Å². The van der Waals surface area contributed by atoms with Gasteiger partial charge in [-0.2, -0.15) is 0 Å². The summed E-state index contributed by atoms with van der Waals surface area (Å²) in [6, 6.07) is 5.19. The zero-order valence-electron chi connectivity index (χ0n) is 14.6. The van der Waals surface area contributed by atoms with Crippen LogP contribution in [0.1, 0.15) is 18.4 Å². The summed E-state index contributed by atoms with van der Waals surface area (Å²) in [7, 11) is -1.81. The number of methoxy groups -OCH3 is 1. The largest absolute Gasteiger partial charge is 0.492 e. The van der Waals surface area contributed by atoms with E-state index in [0.717, 1.165) is 19.4 Å². The van der Waals surface area contributed by atoms with E-state index in [9.17, 15) is 13.9 Å². The van der Waals surface area contributed by atoms with Gasteiger partial charge in [0.25, 0.3) is 0 Å². The van der Waals surface area contributed by atoms with E-state index < -0.39 is 11.0 Å². The van der Waals surface area contributed by atoms with Gasteiger partial charge in [0.05, 0.1) is 17.9 Å². The van der Waals surface area contributed by atoms with Gasteiger partial charge >= 0.3 is 0 Å². The summed E-state index contributed by atoms with van der Waals surface area (Å²) in [6.45, 7) is 1.88. The average Bonchev–Trinajstić information content (AvgIpc) is 2.59. The Morgan fingerprint density at radius 3 is 3.08 bits per heavy atom. The first-order valence-corrected chi connectivity index (χ1v) is 9.84. The van der Waals surface area contributed by atoms with Gasteiger partial charge in [0.1, 0.15) is 12.4 Å². The molecule has 0 bridgehead atoms. The van der Waals surface area contributed by atoms with Crippen molar-refractivity contribution in [1.29, 1.82) is 0 Å². The standard InChI is InChI=1S/C16H24N4O5S/c1-24-10-14(21)20-7-3-4-11(8-20)9-25-13-6-2-5-12-15(13)16(17)19-26(22,23)18-12/h2,5-6,11,18,22-23H,3-4,7-10H2,1H3,(H2,17,19). The number of piperidine rings is 1. The van der Waals surface area contributed by atoms with Crippen LogP contribution in [0.15, 0.2) is 22.6 Å². The van der Waals surface area contributed by atoms with Crippen LogP contribution in [0.2, 0.25) is 0 Å². The van der Waals surface area contributed by atoms with Crippen molar-refractivity contribution in [3.8, 4) is 5.75 Å². The molecule has 0 radical (unpaired) electrons. The summed E-state index contributed by atoms with van der Waals surface area (Å²) < 4.78 is 36.5. The van der Waals surface area contributed by atoms with Crippen LogP contribution < -0.4 is 15.2 Å². The highest BCUT2D eigenvalue weighted by molar-refractivity contribution is 8.24. The third-order valence-electron chi connectivity index (χ3n) is 4.37. The van der Waals surface area contributed by atoms with Gasteiger partial charge in [-0.3, -0.25) is 18.6 Å². The molecule has 1 amide bonds. The molecule has 3 rings (SSSR count). The fraction of sp³-hybridized carbons (Fsp3) is 0.500. The quantitative estimate of drug-likeness (QED) is 0.607. The van der Waals surface area contributed by atoms with Gasteiger partial charge < -0.3 is 20.1 Å². The van der Waals surface area contributed by atoms with Gasteiger partial charge in [0.2, 0.25) is 5.91 Å². The highest BCUT2D eigenvalue weighted by Crippen LogP contribution is 2.46. The molecule has 26 heavy (non-hydrogen) atoms. The zero-order chi connectivity index (χ0) is 18.7. The Labute approximate surface area is 153 Å². The number of rotatable bonds is 5. The number of hydrogen-bond donors (Lipinski definition) is 4. The number of nitrogens with two attached hydrogens (primary N) is 1. The molecule has 1 aromatic rings. The zero-order valence-corrected chi connectivity index (χ0v) is 15.4. The lowest BCUT2D eigenvalue weighted by molar-refractivity contribution is -0.137. The molecule has 1 saturated heterocycles. The number of nitrogens with zero attached hydrogens (tertiary/aromatic N) is 2. The molecule has 2 heterocycles. The molecular weight excluding hydrogens is 360 g/mol. The monoisotopic (exact) mass is 384 g/mol. The number of likely N-dealkylation sites (tertiary alicyclic amines) is 1. The molecule has 0 saturated carbocycles. The number of carbonyl (C=O) groups is 1. The normalized spacial score (nSPS) is 22.7. The molecule has 0 aliphatic carbocycles. The first-order chi connectivity index (χ1) is 12.4. The number of anilines is 1. The highest BCUT2D eigenvalue weighted by atomic mass is 32.3. The summed E-state index contributed by atoms with van der Waals surface area (Å²) in [5.41, 5.74) is 6.87. The average molecular weight is 384 g/mol. The number of hydrogen-bond acceptors (Lipinski definition) is 8. The third kappa shape index (κ3) is 4.21. The topological polar surface area (TPSA) is 130 Å². The molecule has 1 atom stereocenters. The SMILES string of the molecule is COCC(=O)N1CCCC(COc2cccc3c2C(N)=NS(O)(O)N3)C1. The van der Waals surface area contributed by atoms with Gasteiger partial charge in [0.15, 0.2) is 5.84 Å². The van der Waals surface area contributed by atoms with Crippen molar-refractivity contribution >= 4 is 28.4 Å². The first kappa shape index (κ1) is 18.8. The lowest BCUT2D eigenvalue weighted by Crippen LogP contribution is -2.43. The Morgan fingerprint density at radius 2 is 2.31 bits per heavy atom. The van der Waals surface area contributed by atoms with Crippen molar-refractivity contribution in [2.45, 2.75) is 12.8 Å². The highest BCUT2D eigenvalue weighted by Gasteiger charge is 2.27. The smallest absolute Gasteiger partial charge is 0.248 e. The summed E-state index contributed by atoms with van der Waals surface area (Å²) in [6.07, 6.45) is 1.89. The second-order valence-electron chi connectivity index (χ2n) is 6.37. The van der Waals surface area contributed by atoms with Crippen molar-refractivity contribution < 1.29 is 23.4 Å².